The zero-order valence-corrected chi connectivity index (χ0v) is 9.61. The molecule has 1 nitrogen and oxygen atoms in total. The molecule has 0 spiro atoms. The van der Waals surface area contributed by atoms with Crippen molar-refractivity contribution in [3.05, 3.63) is 35.4 Å². The molecule has 0 radical (unpaired) electrons. The summed E-state index contributed by atoms with van der Waals surface area (Å²) in [7, 11) is 0. The summed E-state index contributed by atoms with van der Waals surface area (Å²) in [6, 6.07) is 5.83. The third kappa shape index (κ3) is 5.95. The lowest BCUT2D eigenvalue weighted by molar-refractivity contribution is -0.135. The van der Waals surface area contributed by atoms with Crippen LogP contribution in [0.5, 0.6) is 0 Å². The Morgan fingerprint density at radius 1 is 1.17 bits per heavy atom. The Morgan fingerprint density at radius 3 is 2.50 bits per heavy atom. The molecule has 0 aliphatic rings. The summed E-state index contributed by atoms with van der Waals surface area (Å²) in [6.45, 7) is 0.497. The summed E-state index contributed by atoms with van der Waals surface area (Å²) in [4.78, 5) is 0. The molecule has 1 aromatic rings. The molecule has 0 amide bonds. The lowest BCUT2D eigenvalue weighted by Gasteiger charge is -2.08. The molecule has 0 heterocycles. The maximum Gasteiger partial charge on any atom is 0.389 e. The van der Waals surface area contributed by atoms with E-state index in [-0.39, 0.29) is 18.5 Å². The van der Waals surface area contributed by atoms with Crippen molar-refractivity contribution in [2.24, 2.45) is 0 Å². The van der Waals surface area contributed by atoms with Gasteiger partial charge in [-0.3, -0.25) is 0 Å². The molecule has 0 saturated heterocycles. The average molecular weight is 267 g/mol. The molecule has 102 valence electrons. The van der Waals surface area contributed by atoms with Gasteiger partial charge in [-0.15, -0.1) is 0 Å². The Hall–Kier alpha value is -1.17. The number of halogens is 5. The minimum atomic E-state index is -4.14. The first-order valence-electron chi connectivity index (χ1n) is 5.53. The van der Waals surface area contributed by atoms with E-state index in [0.29, 0.717) is 12.1 Å². The molecule has 0 aromatic heterocycles. The van der Waals surface area contributed by atoms with Crippen LogP contribution in [0.25, 0.3) is 0 Å². The Bertz CT molecular complexity index is 362. The van der Waals surface area contributed by atoms with Gasteiger partial charge in [0.25, 0.3) is 6.43 Å². The molecular weight excluding hydrogens is 253 g/mol. The van der Waals surface area contributed by atoms with Crippen LogP contribution in [-0.2, 0) is 6.54 Å². The molecule has 0 bridgehead atoms. The maximum absolute atomic E-state index is 12.4. The SMILES string of the molecule is FC(F)c1cccc(CNCCCC(F)(F)F)c1. The summed E-state index contributed by atoms with van der Waals surface area (Å²) in [5, 5.41) is 2.80. The Balaban J connectivity index is 2.29. The third-order valence-electron chi connectivity index (χ3n) is 2.35. The second-order valence-electron chi connectivity index (χ2n) is 3.94. The van der Waals surface area contributed by atoms with E-state index >= 15 is 0 Å². The largest absolute Gasteiger partial charge is 0.389 e. The van der Waals surface area contributed by atoms with Gasteiger partial charge in [0.1, 0.15) is 0 Å². The monoisotopic (exact) mass is 267 g/mol. The van der Waals surface area contributed by atoms with Crippen molar-refractivity contribution < 1.29 is 22.0 Å². The van der Waals surface area contributed by atoms with E-state index in [9.17, 15) is 22.0 Å². The topological polar surface area (TPSA) is 12.0 Å². The molecule has 6 heteroatoms. The Morgan fingerprint density at radius 2 is 1.89 bits per heavy atom. The predicted octanol–water partition coefficient (Wildman–Crippen LogP) is 4.06. The molecule has 0 saturated carbocycles. The molecule has 0 aliphatic heterocycles. The third-order valence-corrected chi connectivity index (χ3v) is 2.35. The summed E-state index contributed by atoms with van der Waals surface area (Å²) < 4.78 is 60.3. The van der Waals surface area contributed by atoms with Crippen LogP contribution in [0.4, 0.5) is 22.0 Å². The van der Waals surface area contributed by atoms with E-state index in [1.165, 1.54) is 18.2 Å². The quantitative estimate of drug-likeness (QED) is 0.605. The van der Waals surface area contributed by atoms with Crippen molar-refractivity contribution in [3.63, 3.8) is 0 Å². The second-order valence-corrected chi connectivity index (χ2v) is 3.94. The highest BCUT2D eigenvalue weighted by molar-refractivity contribution is 5.24. The first-order chi connectivity index (χ1) is 8.38. The van der Waals surface area contributed by atoms with E-state index in [1.807, 2.05) is 0 Å². The van der Waals surface area contributed by atoms with Crippen molar-refractivity contribution in [2.45, 2.75) is 32.0 Å². The van der Waals surface area contributed by atoms with Gasteiger partial charge < -0.3 is 5.32 Å². The normalized spacial score (nSPS) is 12.1. The second kappa shape index (κ2) is 6.68. The van der Waals surface area contributed by atoms with Crippen LogP contribution in [0.2, 0.25) is 0 Å². The van der Waals surface area contributed by atoms with Crippen molar-refractivity contribution in [1.29, 1.82) is 0 Å². The summed E-state index contributed by atoms with van der Waals surface area (Å²) in [6.07, 6.45) is -7.53. The van der Waals surface area contributed by atoms with Crippen LogP contribution < -0.4 is 5.32 Å². The molecule has 0 atom stereocenters. The maximum atomic E-state index is 12.4. The molecule has 18 heavy (non-hydrogen) atoms. The van der Waals surface area contributed by atoms with Crippen molar-refractivity contribution in [2.75, 3.05) is 6.54 Å². The summed E-state index contributed by atoms with van der Waals surface area (Å²) in [5.74, 6) is 0. The number of rotatable bonds is 6. The molecule has 0 unspecified atom stereocenters. The number of hydrogen-bond acceptors (Lipinski definition) is 1. The van der Waals surface area contributed by atoms with E-state index in [2.05, 4.69) is 5.32 Å². The van der Waals surface area contributed by atoms with E-state index in [1.54, 1.807) is 6.07 Å². The van der Waals surface area contributed by atoms with E-state index in [4.69, 9.17) is 0 Å². The smallest absolute Gasteiger partial charge is 0.313 e. The number of benzene rings is 1. The van der Waals surface area contributed by atoms with Gasteiger partial charge in [-0.05, 0) is 24.6 Å². The van der Waals surface area contributed by atoms with Gasteiger partial charge in [0.05, 0.1) is 0 Å². The van der Waals surface area contributed by atoms with Crippen LogP contribution >= 0.6 is 0 Å². The fraction of sp³-hybridized carbons (Fsp3) is 0.500. The van der Waals surface area contributed by atoms with Crippen LogP contribution in [-0.4, -0.2) is 12.7 Å². The van der Waals surface area contributed by atoms with Crippen molar-refractivity contribution in [3.8, 4) is 0 Å². The summed E-state index contributed by atoms with van der Waals surface area (Å²) in [5.41, 5.74) is 0.560. The molecule has 0 aliphatic carbocycles. The fourth-order valence-electron chi connectivity index (χ4n) is 1.49. The van der Waals surface area contributed by atoms with Crippen LogP contribution in [0.1, 0.15) is 30.4 Å². The van der Waals surface area contributed by atoms with E-state index < -0.39 is 19.0 Å². The van der Waals surface area contributed by atoms with Crippen molar-refractivity contribution in [1.82, 2.24) is 5.32 Å². The number of alkyl halides is 5. The van der Waals surface area contributed by atoms with Crippen LogP contribution in [0.3, 0.4) is 0 Å². The van der Waals surface area contributed by atoms with Crippen molar-refractivity contribution >= 4 is 0 Å². The highest BCUT2D eigenvalue weighted by Gasteiger charge is 2.25. The van der Waals surface area contributed by atoms with Crippen LogP contribution in [0.15, 0.2) is 24.3 Å². The lowest BCUT2D eigenvalue weighted by atomic mass is 10.1. The van der Waals surface area contributed by atoms with Gasteiger partial charge in [-0.2, -0.15) is 13.2 Å². The standard InChI is InChI=1S/C12H14F5N/c13-11(14)10-4-1-3-9(7-10)8-18-6-2-5-12(15,16)17/h1,3-4,7,11,18H,2,5-6,8H2. The molecule has 0 fully saturated rings. The van der Waals surface area contributed by atoms with Crippen LogP contribution in [0, 0.1) is 0 Å². The predicted molar refractivity (Wildman–Crippen MR) is 58.4 cm³/mol. The molecule has 1 aromatic carbocycles. The highest BCUT2D eigenvalue weighted by Crippen LogP contribution is 2.21. The summed E-state index contributed by atoms with van der Waals surface area (Å²) >= 11 is 0. The minimum absolute atomic E-state index is 0.0158. The highest BCUT2D eigenvalue weighted by atomic mass is 19.4. The molecule has 1 N–H and O–H groups in total. The van der Waals surface area contributed by atoms with Gasteiger partial charge >= 0.3 is 6.18 Å². The van der Waals surface area contributed by atoms with Gasteiger partial charge in [0, 0.05) is 18.5 Å². The number of hydrogen-bond donors (Lipinski definition) is 1. The van der Waals surface area contributed by atoms with Gasteiger partial charge in [0.2, 0.25) is 0 Å². The number of nitrogens with one attached hydrogen (secondary N) is 1. The Labute approximate surface area is 102 Å². The zero-order valence-electron chi connectivity index (χ0n) is 9.61. The van der Waals surface area contributed by atoms with Gasteiger partial charge in [-0.25, -0.2) is 8.78 Å². The lowest BCUT2D eigenvalue weighted by Crippen LogP contribution is -2.17. The fourth-order valence-corrected chi connectivity index (χ4v) is 1.49. The minimum Gasteiger partial charge on any atom is -0.313 e. The molecular formula is C12H14F5N. The molecule has 1 rings (SSSR count). The zero-order chi connectivity index (χ0) is 13.6. The van der Waals surface area contributed by atoms with E-state index in [0.717, 1.165) is 0 Å². The average Bonchev–Trinajstić information content (AvgIpc) is 2.27. The first-order valence-corrected chi connectivity index (χ1v) is 5.53. The van der Waals surface area contributed by atoms with Gasteiger partial charge in [0.15, 0.2) is 0 Å². The van der Waals surface area contributed by atoms with Gasteiger partial charge in [-0.1, -0.05) is 18.2 Å². The Kier molecular flexibility index (Phi) is 5.53. The first kappa shape index (κ1) is 14.9.